The lowest BCUT2D eigenvalue weighted by Gasteiger charge is -2.10. The summed E-state index contributed by atoms with van der Waals surface area (Å²) in [6, 6.07) is 13.3. The van der Waals surface area contributed by atoms with Gasteiger partial charge < -0.3 is 5.32 Å². The van der Waals surface area contributed by atoms with Gasteiger partial charge in [0.15, 0.2) is 0 Å². The first-order chi connectivity index (χ1) is 8.70. The van der Waals surface area contributed by atoms with E-state index in [1.54, 1.807) is 12.1 Å². The molecule has 3 heteroatoms. The molecule has 0 heterocycles. The Morgan fingerprint density at radius 3 is 2.50 bits per heavy atom. The Labute approximate surface area is 115 Å². The van der Waals surface area contributed by atoms with Gasteiger partial charge in [-0.2, -0.15) is 0 Å². The van der Waals surface area contributed by atoms with Gasteiger partial charge in [0, 0.05) is 12.2 Å². The van der Waals surface area contributed by atoms with Crippen LogP contribution in [0.3, 0.4) is 0 Å². The van der Waals surface area contributed by atoms with Gasteiger partial charge >= 0.3 is 0 Å². The third-order valence-corrected chi connectivity index (χ3v) is 3.51. The highest BCUT2D eigenvalue weighted by Gasteiger charge is 2.02. The van der Waals surface area contributed by atoms with E-state index in [2.05, 4.69) is 46.4 Å². The SMILES string of the molecule is CCc1ccccc1CNc1ccc(F)c(Br)c1. The van der Waals surface area contributed by atoms with E-state index in [-0.39, 0.29) is 5.82 Å². The van der Waals surface area contributed by atoms with Crippen molar-refractivity contribution >= 4 is 21.6 Å². The molecule has 0 amide bonds. The van der Waals surface area contributed by atoms with E-state index in [0.29, 0.717) is 4.47 Å². The van der Waals surface area contributed by atoms with E-state index in [9.17, 15) is 4.39 Å². The predicted molar refractivity (Wildman–Crippen MR) is 77.2 cm³/mol. The third-order valence-electron chi connectivity index (χ3n) is 2.90. The van der Waals surface area contributed by atoms with Crippen molar-refractivity contribution in [2.45, 2.75) is 19.9 Å². The largest absolute Gasteiger partial charge is 0.381 e. The second-order valence-electron chi connectivity index (χ2n) is 4.10. The van der Waals surface area contributed by atoms with Crippen molar-refractivity contribution in [2.75, 3.05) is 5.32 Å². The zero-order valence-corrected chi connectivity index (χ0v) is 11.8. The molecular formula is C15H15BrFN. The highest BCUT2D eigenvalue weighted by Crippen LogP contribution is 2.21. The highest BCUT2D eigenvalue weighted by atomic mass is 79.9. The summed E-state index contributed by atoms with van der Waals surface area (Å²) in [5.74, 6) is -0.241. The van der Waals surface area contributed by atoms with E-state index < -0.39 is 0 Å². The normalized spacial score (nSPS) is 10.4. The Hall–Kier alpha value is -1.35. The van der Waals surface area contributed by atoms with Crippen LogP contribution in [0, 0.1) is 5.82 Å². The highest BCUT2D eigenvalue weighted by molar-refractivity contribution is 9.10. The molecule has 94 valence electrons. The van der Waals surface area contributed by atoms with Crippen molar-refractivity contribution < 1.29 is 4.39 Å². The Balaban J connectivity index is 2.09. The molecule has 2 aromatic rings. The van der Waals surface area contributed by atoms with Crippen molar-refractivity contribution in [1.82, 2.24) is 0 Å². The molecule has 0 bridgehead atoms. The molecule has 0 saturated heterocycles. The van der Waals surface area contributed by atoms with Crippen LogP contribution in [0.1, 0.15) is 18.1 Å². The predicted octanol–water partition coefficient (Wildman–Crippen LogP) is 4.76. The number of benzene rings is 2. The summed E-state index contributed by atoms with van der Waals surface area (Å²) in [5.41, 5.74) is 3.53. The second-order valence-corrected chi connectivity index (χ2v) is 4.96. The summed E-state index contributed by atoms with van der Waals surface area (Å²) in [7, 11) is 0. The van der Waals surface area contributed by atoms with E-state index in [1.807, 2.05) is 6.07 Å². The van der Waals surface area contributed by atoms with Crippen LogP contribution < -0.4 is 5.32 Å². The second kappa shape index (κ2) is 6.01. The average molecular weight is 308 g/mol. The molecule has 1 N–H and O–H groups in total. The van der Waals surface area contributed by atoms with Gasteiger partial charge in [0.25, 0.3) is 0 Å². The molecule has 2 rings (SSSR count). The summed E-state index contributed by atoms with van der Waals surface area (Å²) in [6.45, 7) is 2.90. The van der Waals surface area contributed by atoms with Crippen molar-refractivity contribution in [3.63, 3.8) is 0 Å². The van der Waals surface area contributed by atoms with Gasteiger partial charge in [0.1, 0.15) is 5.82 Å². The first-order valence-corrected chi connectivity index (χ1v) is 6.75. The monoisotopic (exact) mass is 307 g/mol. The number of anilines is 1. The van der Waals surface area contributed by atoms with Crippen molar-refractivity contribution in [1.29, 1.82) is 0 Å². The summed E-state index contributed by atoms with van der Waals surface area (Å²) in [5, 5.41) is 3.31. The lowest BCUT2D eigenvalue weighted by molar-refractivity contribution is 0.621. The number of nitrogens with one attached hydrogen (secondary N) is 1. The minimum absolute atomic E-state index is 0.241. The lowest BCUT2D eigenvalue weighted by atomic mass is 10.1. The molecule has 0 saturated carbocycles. The van der Waals surface area contributed by atoms with E-state index >= 15 is 0 Å². The Morgan fingerprint density at radius 1 is 1.11 bits per heavy atom. The van der Waals surface area contributed by atoms with Crippen LogP contribution in [0.2, 0.25) is 0 Å². The molecule has 1 nitrogen and oxygen atoms in total. The molecule has 0 aliphatic rings. The van der Waals surface area contributed by atoms with Gasteiger partial charge in [-0.3, -0.25) is 0 Å². The van der Waals surface area contributed by atoms with Crippen LogP contribution in [-0.4, -0.2) is 0 Å². The number of hydrogen-bond donors (Lipinski definition) is 1. The Bertz CT molecular complexity index is 540. The molecule has 18 heavy (non-hydrogen) atoms. The van der Waals surface area contributed by atoms with Crippen molar-refractivity contribution in [2.24, 2.45) is 0 Å². The van der Waals surface area contributed by atoms with Crippen LogP contribution in [0.5, 0.6) is 0 Å². The quantitative estimate of drug-likeness (QED) is 0.858. The van der Waals surface area contributed by atoms with Crippen molar-refractivity contribution in [3.05, 3.63) is 63.9 Å². The van der Waals surface area contributed by atoms with Gasteiger partial charge in [0.05, 0.1) is 4.47 Å². The van der Waals surface area contributed by atoms with Crippen LogP contribution in [-0.2, 0) is 13.0 Å². The molecule has 0 atom stereocenters. The molecule has 0 aliphatic heterocycles. The molecule has 2 aromatic carbocycles. The van der Waals surface area contributed by atoms with Crippen LogP contribution in [0.15, 0.2) is 46.9 Å². The zero-order chi connectivity index (χ0) is 13.0. The summed E-state index contributed by atoms with van der Waals surface area (Å²) < 4.78 is 13.6. The fraction of sp³-hybridized carbons (Fsp3) is 0.200. The first-order valence-electron chi connectivity index (χ1n) is 5.96. The molecule has 0 spiro atoms. The molecule has 0 aliphatic carbocycles. The first kappa shape index (κ1) is 13.1. The zero-order valence-electron chi connectivity index (χ0n) is 10.2. The number of rotatable bonds is 4. The van der Waals surface area contributed by atoms with Gasteiger partial charge in [0.2, 0.25) is 0 Å². The number of aryl methyl sites for hydroxylation is 1. The lowest BCUT2D eigenvalue weighted by Crippen LogP contribution is -2.02. The Morgan fingerprint density at radius 2 is 1.83 bits per heavy atom. The third kappa shape index (κ3) is 3.10. The average Bonchev–Trinajstić information content (AvgIpc) is 2.40. The standard InChI is InChI=1S/C15H15BrFN/c1-2-11-5-3-4-6-12(11)10-18-13-7-8-15(17)14(16)9-13/h3-9,18H,2,10H2,1H3. The molecule has 0 fully saturated rings. The minimum atomic E-state index is -0.241. The number of halogens is 2. The topological polar surface area (TPSA) is 12.0 Å². The van der Waals surface area contributed by atoms with Gasteiger partial charge in [-0.15, -0.1) is 0 Å². The minimum Gasteiger partial charge on any atom is -0.381 e. The van der Waals surface area contributed by atoms with E-state index in [4.69, 9.17) is 0 Å². The molecule has 0 radical (unpaired) electrons. The van der Waals surface area contributed by atoms with Crippen LogP contribution >= 0.6 is 15.9 Å². The van der Waals surface area contributed by atoms with E-state index in [1.165, 1.54) is 17.2 Å². The maximum absolute atomic E-state index is 13.1. The fourth-order valence-corrected chi connectivity index (χ4v) is 2.26. The summed E-state index contributed by atoms with van der Waals surface area (Å²) >= 11 is 3.19. The van der Waals surface area contributed by atoms with Crippen LogP contribution in [0.4, 0.5) is 10.1 Å². The summed E-state index contributed by atoms with van der Waals surface area (Å²) in [4.78, 5) is 0. The summed E-state index contributed by atoms with van der Waals surface area (Å²) in [6.07, 6.45) is 1.02. The molecule has 0 unspecified atom stereocenters. The van der Waals surface area contributed by atoms with Gasteiger partial charge in [-0.25, -0.2) is 4.39 Å². The Kier molecular flexibility index (Phi) is 4.37. The van der Waals surface area contributed by atoms with E-state index in [0.717, 1.165) is 18.7 Å². The van der Waals surface area contributed by atoms with Gasteiger partial charge in [-0.05, 0) is 51.7 Å². The van der Waals surface area contributed by atoms with Gasteiger partial charge in [-0.1, -0.05) is 31.2 Å². The maximum Gasteiger partial charge on any atom is 0.137 e. The fourth-order valence-electron chi connectivity index (χ4n) is 1.88. The number of hydrogen-bond acceptors (Lipinski definition) is 1. The molecular weight excluding hydrogens is 293 g/mol. The van der Waals surface area contributed by atoms with Crippen LogP contribution in [0.25, 0.3) is 0 Å². The molecule has 0 aromatic heterocycles. The smallest absolute Gasteiger partial charge is 0.137 e. The van der Waals surface area contributed by atoms with Crippen molar-refractivity contribution in [3.8, 4) is 0 Å². The maximum atomic E-state index is 13.1.